The summed E-state index contributed by atoms with van der Waals surface area (Å²) in [6.07, 6.45) is 3.72. The third-order valence-electron chi connectivity index (χ3n) is 3.28. The standard InChI is InChI=1S/C13H20N2O/c14-10-12-9-11(3-4-13(12)16)5-8-15-6-1-2-7-15/h3-4,9,16H,1-2,5-8,10,14H2. The number of hydrogen-bond acceptors (Lipinski definition) is 3. The van der Waals surface area contributed by atoms with Crippen molar-refractivity contribution in [3.05, 3.63) is 29.3 Å². The van der Waals surface area contributed by atoms with Crippen molar-refractivity contribution in [1.29, 1.82) is 0 Å². The molecule has 0 unspecified atom stereocenters. The molecule has 1 aliphatic rings. The zero-order valence-electron chi connectivity index (χ0n) is 9.65. The van der Waals surface area contributed by atoms with E-state index in [0.29, 0.717) is 12.3 Å². The van der Waals surface area contributed by atoms with Gasteiger partial charge >= 0.3 is 0 Å². The van der Waals surface area contributed by atoms with Crippen LogP contribution >= 0.6 is 0 Å². The highest BCUT2D eigenvalue weighted by molar-refractivity contribution is 5.36. The first-order valence-corrected chi connectivity index (χ1v) is 6.03. The SMILES string of the molecule is NCc1cc(CCN2CCCC2)ccc1O. The minimum absolute atomic E-state index is 0.312. The monoisotopic (exact) mass is 220 g/mol. The summed E-state index contributed by atoms with van der Waals surface area (Å²) < 4.78 is 0. The molecule has 1 aromatic rings. The van der Waals surface area contributed by atoms with E-state index in [1.165, 1.54) is 31.5 Å². The fourth-order valence-electron chi connectivity index (χ4n) is 2.25. The van der Waals surface area contributed by atoms with E-state index in [4.69, 9.17) is 5.73 Å². The number of nitrogens with two attached hydrogens (primary N) is 1. The summed E-state index contributed by atoms with van der Waals surface area (Å²) in [5.41, 5.74) is 7.68. The van der Waals surface area contributed by atoms with Crippen LogP contribution in [-0.4, -0.2) is 29.6 Å². The van der Waals surface area contributed by atoms with Gasteiger partial charge in [0.15, 0.2) is 0 Å². The maximum absolute atomic E-state index is 9.52. The molecule has 88 valence electrons. The van der Waals surface area contributed by atoms with Gasteiger partial charge in [-0.1, -0.05) is 12.1 Å². The molecule has 1 heterocycles. The molecule has 0 spiro atoms. The lowest BCUT2D eigenvalue weighted by Crippen LogP contribution is -2.21. The summed E-state index contributed by atoms with van der Waals surface area (Å²) >= 11 is 0. The summed E-state index contributed by atoms with van der Waals surface area (Å²) in [4.78, 5) is 2.50. The van der Waals surface area contributed by atoms with Gasteiger partial charge in [-0.3, -0.25) is 0 Å². The third-order valence-corrected chi connectivity index (χ3v) is 3.28. The molecule has 1 aromatic carbocycles. The Morgan fingerprint density at radius 3 is 2.69 bits per heavy atom. The van der Waals surface area contributed by atoms with E-state index in [-0.39, 0.29) is 0 Å². The van der Waals surface area contributed by atoms with Gasteiger partial charge in [0.1, 0.15) is 5.75 Å². The zero-order valence-corrected chi connectivity index (χ0v) is 9.65. The third kappa shape index (κ3) is 2.74. The van der Waals surface area contributed by atoms with Crippen molar-refractivity contribution >= 4 is 0 Å². The predicted octanol–water partition coefficient (Wildman–Crippen LogP) is 1.49. The Labute approximate surface area is 96.9 Å². The Balaban J connectivity index is 1.93. The van der Waals surface area contributed by atoms with Gasteiger partial charge in [0, 0.05) is 18.7 Å². The fraction of sp³-hybridized carbons (Fsp3) is 0.538. The quantitative estimate of drug-likeness (QED) is 0.808. The van der Waals surface area contributed by atoms with Crippen LogP contribution in [0, 0.1) is 0 Å². The molecule has 3 N–H and O–H groups in total. The molecule has 0 aromatic heterocycles. The minimum Gasteiger partial charge on any atom is -0.508 e. The summed E-state index contributed by atoms with van der Waals surface area (Å²) in [5.74, 6) is 0.312. The van der Waals surface area contributed by atoms with Crippen molar-refractivity contribution < 1.29 is 5.11 Å². The second-order valence-corrected chi connectivity index (χ2v) is 4.47. The molecule has 0 atom stereocenters. The van der Waals surface area contributed by atoms with E-state index in [2.05, 4.69) is 4.90 Å². The molecule has 1 aliphatic heterocycles. The molecule has 3 nitrogen and oxygen atoms in total. The summed E-state index contributed by atoms with van der Waals surface area (Å²) in [7, 11) is 0. The number of nitrogens with zero attached hydrogens (tertiary/aromatic N) is 1. The van der Waals surface area contributed by atoms with Gasteiger partial charge in [0.25, 0.3) is 0 Å². The molecule has 2 rings (SSSR count). The average molecular weight is 220 g/mol. The Kier molecular flexibility index (Phi) is 3.80. The van der Waals surface area contributed by atoms with E-state index >= 15 is 0 Å². The predicted molar refractivity (Wildman–Crippen MR) is 65.4 cm³/mol. The lowest BCUT2D eigenvalue weighted by atomic mass is 10.1. The highest BCUT2D eigenvalue weighted by Gasteiger charge is 2.11. The molecule has 0 amide bonds. The molecule has 1 fully saturated rings. The van der Waals surface area contributed by atoms with Crippen LogP contribution in [0.4, 0.5) is 0 Å². The maximum atomic E-state index is 9.52. The second-order valence-electron chi connectivity index (χ2n) is 4.47. The Bertz CT molecular complexity index is 346. The summed E-state index contributed by atoms with van der Waals surface area (Å²) in [6.45, 7) is 4.00. The number of hydrogen-bond donors (Lipinski definition) is 2. The highest BCUT2D eigenvalue weighted by atomic mass is 16.3. The van der Waals surface area contributed by atoms with Gasteiger partial charge in [0.05, 0.1) is 0 Å². The van der Waals surface area contributed by atoms with Gasteiger partial charge in [-0.25, -0.2) is 0 Å². The van der Waals surface area contributed by atoms with Crippen LogP contribution in [0.1, 0.15) is 24.0 Å². The molecule has 16 heavy (non-hydrogen) atoms. The molecule has 0 aliphatic carbocycles. The van der Waals surface area contributed by atoms with Crippen LogP contribution in [-0.2, 0) is 13.0 Å². The Hall–Kier alpha value is -1.06. The average Bonchev–Trinajstić information content (AvgIpc) is 2.81. The van der Waals surface area contributed by atoms with Crippen LogP contribution in [0.5, 0.6) is 5.75 Å². The zero-order chi connectivity index (χ0) is 11.4. The van der Waals surface area contributed by atoms with Gasteiger partial charge in [-0.2, -0.15) is 0 Å². The number of benzene rings is 1. The number of aromatic hydroxyl groups is 1. The van der Waals surface area contributed by atoms with Crippen LogP contribution in [0.15, 0.2) is 18.2 Å². The van der Waals surface area contributed by atoms with E-state index < -0.39 is 0 Å². The van der Waals surface area contributed by atoms with Crippen molar-refractivity contribution in [2.75, 3.05) is 19.6 Å². The summed E-state index contributed by atoms with van der Waals surface area (Å²) in [6, 6.07) is 5.76. The molecule has 0 radical (unpaired) electrons. The molecule has 0 saturated carbocycles. The Morgan fingerprint density at radius 2 is 2.00 bits per heavy atom. The van der Waals surface area contributed by atoms with E-state index in [0.717, 1.165) is 18.5 Å². The fourth-order valence-corrected chi connectivity index (χ4v) is 2.25. The van der Waals surface area contributed by atoms with Crippen LogP contribution in [0.2, 0.25) is 0 Å². The molecule has 3 heteroatoms. The van der Waals surface area contributed by atoms with Crippen molar-refractivity contribution in [2.24, 2.45) is 5.73 Å². The number of likely N-dealkylation sites (tertiary alicyclic amines) is 1. The topological polar surface area (TPSA) is 49.5 Å². The summed E-state index contributed by atoms with van der Waals surface area (Å²) in [5, 5.41) is 9.52. The molecular weight excluding hydrogens is 200 g/mol. The first kappa shape index (κ1) is 11.4. The Morgan fingerprint density at radius 1 is 1.25 bits per heavy atom. The van der Waals surface area contributed by atoms with Crippen LogP contribution in [0.3, 0.4) is 0 Å². The van der Waals surface area contributed by atoms with Crippen LogP contribution in [0.25, 0.3) is 0 Å². The van der Waals surface area contributed by atoms with Gasteiger partial charge in [-0.05, 0) is 44.0 Å². The highest BCUT2D eigenvalue weighted by Crippen LogP contribution is 2.18. The van der Waals surface area contributed by atoms with E-state index in [1.807, 2.05) is 12.1 Å². The van der Waals surface area contributed by atoms with Crippen LogP contribution < -0.4 is 5.73 Å². The lowest BCUT2D eigenvalue weighted by molar-refractivity contribution is 0.343. The maximum Gasteiger partial charge on any atom is 0.120 e. The smallest absolute Gasteiger partial charge is 0.120 e. The first-order chi connectivity index (χ1) is 7.79. The first-order valence-electron chi connectivity index (χ1n) is 6.03. The largest absolute Gasteiger partial charge is 0.508 e. The molecular formula is C13H20N2O. The van der Waals surface area contributed by atoms with E-state index in [1.54, 1.807) is 6.07 Å². The number of phenols is 1. The van der Waals surface area contributed by atoms with Gasteiger partial charge < -0.3 is 15.7 Å². The van der Waals surface area contributed by atoms with Gasteiger partial charge in [-0.15, -0.1) is 0 Å². The normalized spacial score (nSPS) is 16.8. The number of rotatable bonds is 4. The van der Waals surface area contributed by atoms with Crippen molar-refractivity contribution in [2.45, 2.75) is 25.8 Å². The molecule has 0 bridgehead atoms. The van der Waals surface area contributed by atoms with E-state index in [9.17, 15) is 5.11 Å². The van der Waals surface area contributed by atoms with Gasteiger partial charge in [0.2, 0.25) is 0 Å². The minimum atomic E-state index is 0.312. The molecule has 1 saturated heterocycles. The van der Waals surface area contributed by atoms with Crippen molar-refractivity contribution in [3.8, 4) is 5.75 Å². The second kappa shape index (κ2) is 5.32. The lowest BCUT2D eigenvalue weighted by Gasteiger charge is -2.14. The van der Waals surface area contributed by atoms with Crippen molar-refractivity contribution in [1.82, 2.24) is 4.90 Å². The van der Waals surface area contributed by atoms with Crippen molar-refractivity contribution in [3.63, 3.8) is 0 Å². The number of phenolic OH excluding ortho intramolecular Hbond substituents is 1.